The normalized spacial score (nSPS) is 10.4. The fourth-order valence-corrected chi connectivity index (χ4v) is 1.14. The van der Waals surface area contributed by atoms with E-state index in [-0.39, 0.29) is 5.69 Å². The van der Waals surface area contributed by atoms with E-state index < -0.39 is 18.1 Å². The maximum Gasteiger partial charge on any atom is 0.315 e. The van der Waals surface area contributed by atoms with Crippen LogP contribution in [0.3, 0.4) is 0 Å². The molecule has 0 spiro atoms. The van der Waals surface area contributed by atoms with E-state index in [4.69, 9.17) is 0 Å². The van der Waals surface area contributed by atoms with E-state index >= 15 is 0 Å². The van der Waals surface area contributed by atoms with Crippen LogP contribution >= 0.6 is 15.9 Å². The second kappa shape index (κ2) is 4.45. The van der Waals surface area contributed by atoms with Crippen LogP contribution in [0, 0.1) is 5.82 Å². The van der Waals surface area contributed by atoms with E-state index in [2.05, 4.69) is 15.9 Å². The molecule has 0 bridgehead atoms. The average Bonchev–Trinajstić information content (AvgIpc) is 2.11. The summed E-state index contributed by atoms with van der Waals surface area (Å²) in [5.41, 5.74) is -0.273. The van der Waals surface area contributed by atoms with E-state index in [0.717, 1.165) is 6.07 Å². The molecule has 6 heteroatoms. The van der Waals surface area contributed by atoms with E-state index in [1.165, 1.54) is 12.1 Å². The van der Waals surface area contributed by atoms with Crippen LogP contribution < -0.4 is 5.32 Å². The Labute approximate surface area is 86.2 Å². The minimum atomic E-state index is -3.16. The summed E-state index contributed by atoms with van der Waals surface area (Å²) in [6.07, 6.45) is -3.16. The first-order valence-electron chi connectivity index (χ1n) is 3.55. The number of carbonyl (C=O) groups is 1. The molecule has 0 radical (unpaired) electrons. The van der Waals surface area contributed by atoms with E-state index in [9.17, 15) is 18.0 Å². The summed E-state index contributed by atoms with van der Waals surface area (Å²) in [6, 6.07) is 3.66. The van der Waals surface area contributed by atoms with Gasteiger partial charge in [-0.05, 0) is 18.2 Å². The zero-order valence-corrected chi connectivity index (χ0v) is 8.32. The van der Waals surface area contributed by atoms with Crippen molar-refractivity contribution in [2.24, 2.45) is 0 Å². The highest BCUT2D eigenvalue weighted by Crippen LogP contribution is 2.20. The number of halogens is 4. The van der Waals surface area contributed by atoms with Gasteiger partial charge in [-0.2, -0.15) is 8.78 Å². The molecule has 14 heavy (non-hydrogen) atoms. The molecule has 76 valence electrons. The van der Waals surface area contributed by atoms with Gasteiger partial charge in [0.2, 0.25) is 0 Å². The highest BCUT2D eigenvalue weighted by molar-refractivity contribution is 9.10. The van der Waals surface area contributed by atoms with Crippen LogP contribution in [0.4, 0.5) is 18.9 Å². The van der Waals surface area contributed by atoms with Crippen LogP contribution in [-0.4, -0.2) is 12.3 Å². The van der Waals surface area contributed by atoms with Gasteiger partial charge in [-0.25, -0.2) is 4.39 Å². The van der Waals surface area contributed by atoms with Crippen molar-refractivity contribution in [3.05, 3.63) is 28.5 Å². The Hall–Kier alpha value is -1.04. The van der Waals surface area contributed by atoms with Crippen molar-refractivity contribution in [1.82, 2.24) is 0 Å². The molecule has 1 amide bonds. The molecule has 1 aromatic carbocycles. The van der Waals surface area contributed by atoms with Gasteiger partial charge in [0.05, 0.1) is 5.69 Å². The van der Waals surface area contributed by atoms with Crippen LogP contribution in [0.2, 0.25) is 0 Å². The lowest BCUT2D eigenvalue weighted by molar-refractivity contribution is -0.126. The monoisotopic (exact) mass is 267 g/mol. The van der Waals surface area contributed by atoms with Gasteiger partial charge in [0.25, 0.3) is 5.91 Å². The summed E-state index contributed by atoms with van der Waals surface area (Å²) in [5, 5.41) is 1.76. The average molecular weight is 268 g/mol. The van der Waals surface area contributed by atoms with Crippen LogP contribution in [0.5, 0.6) is 0 Å². The van der Waals surface area contributed by atoms with Crippen molar-refractivity contribution in [3.8, 4) is 0 Å². The molecule has 0 aliphatic carbocycles. The summed E-state index contributed by atoms with van der Waals surface area (Å²) >= 11 is 3.02. The molecular formula is C8H5BrF3NO. The minimum Gasteiger partial charge on any atom is -0.319 e. The van der Waals surface area contributed by atoms with Gasteiger partial charge < -0.3 is 5.32 Å². The van der Waals surface area contributed by atoms with Crippen LogP contribution in [0.25, 0.3) is 0 Å². The Morgan fingerprint density at radius 2 is 2.07 bits per heavy atom. The van der Waals surface area contributed by atoms with Crippen molar-refractivity contribution < 1.29 is 18.0 Å². The third-order valence-corrected chi connectivity index (χ3v) is 1.88. The summed E-state index contributed by atoms with van der Waals surface area (Å²) in [7, 11) is 0. The molecule has 0 unspecified atom stereocenters. The van der Waals surface area contributed by atoms with E-state index in [1.807, 2.05) is 0 Å². The van der Waals surface area contributed by atoms with Crippen molar-refractivity contribution >= 4 is 27.5 Å². The summed E-state index contributed by atoms with van der Waals surface area (Å²) in [5.74, 6) is -2.29. The topological polar surface area (TPSA) is 29.1 Å². The van der Waals surface area contributed by atoms with Crippen LogP contribution in [-0.2, 0) is 4.79 Å². The van der Waals surface area contributed by atoms with Crippen molar-refractivity contribution in [3.63, 3.8) is 0 Å². The van der Waals surface area contributed by atoms with Gasteiger partial charge in [0.15, 0.2) is 0 Å². The predicted octanol–water partition coefficient (Wildman–Crippen LogP) is 2.79. The van der Waals surface area contributed by atoms with Gasteiger partial charge >= 0.3 is 6.43 Å². The smallest absolute Gasteiger partial charge is 0.315 e. The number of hydrogen-bond donors (Lipinski definition) is 1. The van der Waals surface area contributed by atoms with E-state index in [0.29, 0.717) is 4.47 Å². The van der Waals surface area contributed by atoms with Crippen molar-refractivity contribution in [2.75, 3.05) is 5.32 Å². The number of anilines is 1. The zero-order valence-electron chi connectivity index (χ0n) is 6.73. The molecule has 0 fully saturated rings. The summed E-state index contributed by atoms with van der Waals surface area (Å²) in [6.45, 7) is 0. The van der Waals surface area contributed by atoms with Crippen molar-refractivity contribution in [1.29, 1.82) is 0 Å². The van der Waals surface area contributed by atoms with Gasteiger partial charge in [0, 0.05) is 4.47 Å². The molecule has 2 nitrogen and oxygen atoms in total. The lowest BCUT2D eigenvalue weighted by Gasteiger charge is -2.05. The van der Waals surface area contributed by atoms with Gasteiger partial charge in [-0.1, -0.05) is 15.9 Å². The third kappa shape index (κ3) is 2.73. The fourth-order valence-electron chi connectivity index (χ4n) is 0.781. The lowest BCUT2D eigenvalue weighted by Crippen LogP contribution is -2.20. The molecule has 0 saturated heterocycles. The van der Waals surface area contributed by atoms with Gasteiger partial charge in [-0.3, -0.25) is 4.79 Å². The first kappa shape index (κ1) is 11.0. The van der Waals surface area contributed by atoms with E-state index in [1.54, 1.807) is 5.32 Å². The quantitative estimate of drug-likeness (QED) is 0.877. The highest BCUT2D eigenvalue weighted by atomic mass is 79.9. The molecule has 0 saturated carbocycles. The Balaban J connectivity index is 2.86. The van der Waals surface area contributed by atoms with Crippen LogP contribution in [0.1, 0.15) is 0 Å². The number of alkyl halides is 2. The minimum absolute atomic E-state index is 0.273. The number of hydrogen-bond acceptors (Lipinski definition) is 1. The fraction of sp³-hybridized carbons (Fsp3) is 0.125. The third-order valence-electron chi connectivity index (χ3n) is 1.38. The number of amides is 1. The predicted molar refractivity (Wildman–Crippen MR) is 48.7 cm³/mol. The number of rotatable bonds is 2. The Morgan fingerprint density at radius 3 is 2.64 bits per heavy atom. The second-order valence-corrected chi connectivity index (χ2v) is 3.33. The SMILES string of the molecule is O=C(Nc1cc(Br)ccc1F)C(F)F. The largest absolute Gasteiger partial charge is 0.319 e. The molecule has 0 atom stereocenters. The first-order chi connectivity index (χ1) is 6.50. The number of nitrogens with one attached hydrogen (secondary N) is 1. The Bertz CT molecular complexity index is 356. The van der Waals surface area contributed by atoms with Crippen LogP contribution in [0.15, 0.2) is 22.7 Å². The highest BCUT2D eigenvalue weighted by Gasteiger charge is 2.16. The summed E-state index contributed by atoms with van der Waals surface area (Å²) < 4.78 is 37.0. The first-order valence-corrected chi connectivity index (χ1v) is 4.34. The van der Waals surface area contributed by atoms with Crippen molar-refractivity contribution in [2.45, 2.75) is 6.43 Å². The molecule has 0 aliphatic heterocycles. The number of carbonyl (C=O) groups excluding carboxylic acids is 1. The molecule has 1 rings (SSSR count). The second-order valence-electron chi connectivity index (χ2n) is 2.41. The molecule has 0 aliphatic rings. The standard InChI is InChI=1S/C8H5BrF3NO/c9-4-1-2-5(10)6(3-4)13-8(14)7(11)12/h1-3,7H,(H,13,14). The molecule has 0 heterocycles. The maximum absolute atomic E-state index is 12.9. The number of benzene rings is 1. The molecule has 0 aromatic heterocycles. The molecule has 1 N–H and O–H groups in total. The zero-order chi connectivity index (χ0) is 10.7. The Morgan fingerprint density at radius 1 is 1.43 bits per heavy atom. The lowest BCUT2D eigenvalue weighted by atomic mass is 10.3. The van der Waals surface area contributed by atoms with Gasteiger partial charge in [0.1, 0.15) is 5.82 Å². The molecule has 1 aromatic rings. The molecular weight excluding hydrogens is 263 g/mol. The van der Waals surface area contributed by atoms with Gasteiger partial charge in [-0.15, -0.1) is 0 Å². The Kier molecular flexibility index (Phi) is 3.51. The maximum atomic E-state index is 12.9. The summed E-state index contributed by atoms with van der Waals surface area (Å²) in [4.78, 5) is 10.5.